The molecule has 0 bridgehead atoms. The summed E-state index contributed by atoms with van der Waals surface area (Å²) in [4.78, 5) is 0. The first-order chi connectivity index (χ1) is 27.9. The van der Waals surface area contributed by atoms with E-state index in [1.54, 1.807) is 43.5 Å². The van der Waals surface area contributed by atoms with Gasteiger partial charge in [-0.2, -0.15) is 36.5 Å². The first-order valence-electron chi connectivity index (χ1n) is 18.1. The van der Waals surface area contributed by atoms with Crippen LogP contribution in [0.1, 0.15) is 36.6 Å². The standard InChI is InChI=1S/C21H19F3N2O4.C21H19F3N2O3.CH4/c22-21(23,24)20(30)16-6-2-1-4-15(16)18-14(5-3-7-17(18)20)13-8-25-26(9-13)19(10-27,11-28)12-29;1-19(11-27,12-28)26-10-13(9-25-26)14-6-4-8-17-18(14)15-5-2-3-7-16(15)20(17,29)21(22,23)24;/h1-9,27-30H,10-12H2;2-10,27-29H,11-12H2,1H3;1H4. The fourth-order valence-electron chi connectivity index (χ4n) is 7.74. The van der Waals surface area contributed by atoms with E-state index in [9.17, 15) is 62.1 Å². The summed E-state index contributed by atoms with van der Waals surface area (Å²) in [6.07, 6.45) is -3.99. The van der Waals surface area contributed by atoms with Gasteiger partial charge in [0, 0.05) is 45.8 Å². The molecule has 0 saturated heterocycles. The van der Waals surface area contributed by atoms with Crippen molar-refractivity contribution in [3.8, 4) is 44.5 Å². The van der Waals surface area contributed by atoms with Crippen LogP contribution in [0.2, 0.25) is 0 Å². The Bertz CT molecular complexity index is 2500. The van der Waals surface area contributed by atoms with Crippen LogP contribution >= 0.6 is 0 Å². The number of benzene rings is 4. The molecule has 318 valence electrons. The molecule has 0 fully saturated rings. The number of alkyl halides is 6. The molecular weight excluding hydrogens is 798 g/mol. The van der Waals surface area contributed by atoms with Crippen LogP contribution < -0.4 is 0 Å². The molecule has 0 spiro atoms. The normalized spacial score (nSPS) is 18.2. The lowest BCUT2D eigenvalue weighted by Gasteiger charge is -2.28. The van der Waals surface area contributed by atoms with E-state index in [0.717, 1.165) is 0 Å². The second-order valence-corrected chi connectivity index (χ2v) is 14.8. The quantitative estimate of drug-likeness (QED) is 0.0906. The van der Waals surface area contributed by atoms with Crippen molar-refractivity contribution in [2.45, 2.75) is 49.0 Å². The molecular formula is C43H42F6N4O7. The van der Waals surface area contributed by atoms with Gasteiger partial charge in [0.25, 0.3) is 0 Å². The molecule has 4 aromatic carbocycles. The van der Waals surface area contributed by atoms with Crippen LogP contribution in [-0.4, -0.2) is 101 Å². The fourth-order valence-corrected chi connectivity index (χ4v) is 7.74. The third-order valence-corrected chi connectivity index (χ3v) is 11.3. The Morgan fingerprint density at radius 3 is 1.23 bits per heavy atom. The van der Waals surface area contributed by atoms with E-state index in [-0.39, 0.29) is 59.6 Å². The number of aromatic nitrogens is 4. The first-order valence-corrected chi connectivity index (χ1v) is 18.1. The number of aliphatic hydroxyl groups is 7. The van der Waals surface area contributed by atoms with Gasteiger partial charge in [0.1, 0.15) is 11.1 Å². The van der Waals surface area contributed by atoms with Gasteiger partial charge >= 0.3 is 12.4 Å². The molecule has 6 aromatic rings. The summed E-state index contributed by atoms with van der Waals surface area (Å²) in [5, 5.41) is 77.9. The number of halogens is 6. The summed E-state index contributed by atoms with van der Waals surface area (Å²) in [5.74, 6) is 0. The Kier molecular flexibility index (Phi) is 11.5. The van der Waals surface area contributed by atoms with Crippen molar-refractivity contribution in [3.63, 3.8) is 0 Å². The maximum atomic E-state index is 14.0. The topological polar surface area (TPSA) is 177 Å². The molecule has 2 unspecified atom stereocenters. The van der Waals surface area contributed by atoms with Gasteiger partial charge in [-0.05, 0) is 40.3 Å². The average Bonchev–Trinajstić information content (AvgIpc) is 4.04. The van der Waals surface area contributed by atoms with Crippen LogP contribution in [0.25, 0.3) is 44.5 Å². The molecule has 60 heavy (non-hydrogen) atoms. The second-order valence-electron chi connectivity index (χ2n) is 14.8. The number of rotatable bonds is 9. The summed E-state index contributed by atoms with van der Waals surface area (Å²) >= 11 is 0. The summed E-state index contributed by atoms with van der Waals surface area (Å²) in [7, 11) is 0. The smallest absolute Gasteiger partial charge is 0.394 e. The SMILES string of the molecule is C.CC(CO)(CO)n1cc(-c2cccc3c2-c2ccccc2C3(O)C(F)(F)F)cn1.OCC(CO)(CO)n1cc(-c2cccc3c2-c2ccccc2C3(O)C(F)(F)F)cn1. The van der Waals surface area contributed by atoms with E-state index in [2.05, 4.69) is 10.2 Å². The highest BCUT2D eigenvalue weighted by atomic mass is 19.4. The summed E-state index contributed by atoms with van der Waals surface area (Å²) in [6, 6.07) is 20.4. The van der Waals surface area contributed by atoms with Gasteiger partial charge in [-0.25, -0.2) is 0 Å². The van der Waals surface area contributed by atoms with Crippen molar-refractivity contribution in [2.24, 2.45) is 0 Å². The highest BCUT2D eigenvalue weighted by molar-refractivity contribution is 5.93. The van der Waals surface area contributed by atoms with E-state index in [4.69, 9.17) is 0 Å². The molecule has 2 aliphatic rings. The number of aliphatic hydroxyl groups excluding tert-OH is 5. The molecule has 2 aliphatic carbocycles. The number of hydrogen-bond donors (Lipinski definition) is 7. The molecule has 0 saturated carbocycles. The highest BCUT2D eigenvalue weighted by Crippen LogP contribution is 2.58. The van der Waals surface area contributed by atoms with Gasteiger partial charge in [0.2, 0.25) is 11.2 Å². The molecule has 0 amide bonds. The summed E-state index contributed by atoms with van der Waals surface area (Å²) < 4.78 is 86.4. The minimum Gasteiger partial charge on any atom is -0.394 e. The van der Waals surface area contributed by atoms with Crippen molar-refractivity contribution in [1.82, 2.24) is 19.6 Å². The average molecular weight is 841 g/mol. The van der Waals surface area contributed by atoms with Gasteiger partial charge in [-0.15, -0.1) is 0 Å². The zero-order valence-electron chi connectivity index (χ0n) is 31.1. The minimum atomic E-state index is -4.93. The highest BCUT2D eigenvalue weighted by Gasteiger charge is 2.62. The maximum absolute atomic E-state index is 14.0. The molecule has 8 rings (SSSR count). The molecule has 7 N–H and O–H groups in total. The molecule has 2 aromatic heterocycles. The van der Waals surface area contributed by atoms with Gasteiger partial charge < -0.3 is 35.7 Å². The Hall–Kier alpha value is -5.40. The predicted octanol–water partition coefficient (Wildman–Crippen LogP) is 5.67. The Morgan fingerprint density at radius 1 is 0.500 bits per heavy atom. The van der Waals surface area contributed by atoms with Crippen molar-refractivity contribution in [3.05, 3.63) is 132 Å². The lowest BCUT2D eigenvalue weighted by atomic mass is 9.89. The van der Waals surface area contributed by atoms with Crippen molar-refractivity contribution < 1.29 is 62.1 Å². The molecule has 2 atom stereocenters. The van der Waals surface area contributed by atoms with Crippen LogP contribution in [0, 0.1) is 0 Å². The van der Waals surface area contributed by atoms with Crippen LogP contribution in [0.3, 0.4) is 0 Å². The molecule has 0 aliphatic heterocycles. The predicted molar refractivity (Wildman–Crippen MR) is 208 cm³/mol. The first kappa shape index (κ1) is 44.2. The van der Waals surface area contributed by atoms with E-state index in [1.165, 1.54) is 82.6 Å². The van der Waals surface area contributed by atoms with E-state index in [1.807, 2.05) is 0 Å². The Balaban J connectivity index is 0.000000198. The summed E-state index contributed by atoms with van der Waals surface area (Å²) in [6.45, 7) is -0.903. The molecule has 11 nitrogen and oxygen atoms in total. The number of nitrogens with zero attached hydrogens (tertiary/aromatic N) is 4. The summed E-state index contributed by atoms with van der Waals surface area (Å²) in [5.41, 5.74) is -6.85. The van der Waals surface area contributed by atoms with Crippen LogP contribution in [0.5, 0.6) is 0 Å². The maximum Gasteiger partial charge on any atom is 0.425 e. The lowest BCUT2D eigenvalue weighted by molar-refractivity contribution is -0.247. The van der Waals surface area contributed by atoms with Crippen molar-refractivity contribution in [2.75, 3.05) is 33.0 Å². The largest absolute Gasteiger partial charge is 0.425 e. The van der Waals surface area contributed by atoms with Crippen molar-refractivity contribution in [1.29, 1.82) is 0 Å². The molecule has 2 heterocycles. The van der Waals surface area contributed by atoms with Crippen LogP contribution in [0.15, 0.2) is 110 Å². The second kappa shape index (κ2) is 15.6. The van der Waals surface area contributed by atoms with E-state index < -0.39 is 54.5 Å². The molecule has 17 heteroatoms. The van der Waals surface area contributed by atoms with Gasteiger partial charge in [-0.3, -0.25) is 9.36 Å². The van der Waals surface area contributed by atoms with Gasteiger partial charge in [0.15, 0.2) is 0 Å². The van der Waals surface area contributed by atoms with Crippen LogP contribution in [-0.2, 0) is 22.3 Å². The third kappa shape index (κ3) is 6.43. The van der Waals surface area contributed by atoms with Gasteiger partial charge in [-0.1, -0.05) is 92.4 Å². The fraction of sp³-hybridized carbons (Fsp3) is 0.302. The lowest BCUT2D eigenvalue weighted by Crippen LogP contribution is -2.45. The monoisotopic (exact) mass is 840 g/mol. The Labute approximate surface area is 339 Å². The Morgan fingerprint density at radius 2 is 0.850 bits per heavy atom. The zero-order chi connectivity index (χ0) is 42.8. The number of hydrogen-bond acceptors (Lipinski definition) is 9. The number of fused-ring (bicyclic) bond motifs is 6. The zero-order valence-corrected chi connectivity index (χ0v) is 31.1. The van der Waals surface area contributed by atoms with Crippen LogP contribution in [0.4, 0.5) is 26.3 Å². The third-order valence-electron chi connectivity index (χ3n) is 11.3. The minimum absolute atomic E-state index is 0. The molecule has 0 radical (unpaired) electrons. The van der Waals surface area contributed by atoms with E-state index >= 15 is 0 Å². The van der Waals surface area contributed by atoms with E-state index in [0.29, 0.717) is 27.8 Å². The van der Waals surface area contributed by atoms with Gasteiger partial charge in [0.05, 0.1) is 45.4 Å². The van der Waals surface area contributed by atoms with Crippen molar-refractivity contribution >= 4 is 0 Å².